The van der Waals surface area contributed by atoms with Gasteiger partial charge in [-0.2, -0.15) is 0 Å². The molecule has 2 rings (SSSR count). The van der Waals surface area contributed by atoms with E-state index in [9.17, 15) is 14.0 Å². The molecule has 7 heteroatoms. The molecule has 0 aliphatic carbocycles. The number of carbonyl (C=O) groups excluding carboxylic acids is 2. The largest absolute Gasteiger partial charge is 0.481 e. The number of carbonyl (C=O) groups is 2. The number of anilines is 1. The fourth-order valence-corrected chi connectivity index (χ4v) is 2.04. The summed E-state index contributed by atoms with van der Waals surface area (Å²) in [7, 11) is 1.26. The number of methoxy groups -OCH3 is 1. The van der Waals surface area contributed by atoms with E-state index in [0.717, 1.165) is 0 Å². The Labute approximate surface area is 143 Å². The van der Waals surface area contributed by atoms with Crippen LogP contribution in [0.15, 0.2) is 42.5 Å². The van der Waals surface area contributed by atoms with E-state index < -0.39 is 23.8 Å². The van der Waals surface area contributed by atoms with Gasteiger partial charge in [0.25, 0.3) is 5.91 Å². The summed E-state index contributed by atoms with van der Waals surface area (Å²) in [4.78, 5) is 23.7. The first kappa shape index (κ1) is 17.7. The third-order valence-electron chi connectivity index (χ3n) is 3.14. The lowest BCUT2D eigenvalue weighted by atomic mass is 10.2. The van der Waals surface area contributed by atoms with E-state index in [1.165, 1.54) is 56.5 Å². The average Bonchev–Trinajstić information content (AvgIpc) is 2.58. The first-order valence-electron chi connectivity index (χ1n) is 7.01. The number of amides is 1. The zero-order valence-electron chi connectivity index (χ0n) is 13.0. The van der Waals surface area contributed by atoms with Gasteiger partial charge in [-0.3, -0.25) is 4.79 Å². The molecule has 126 valence electrons. The zero-order chi connectivity index (χ0) is 17.7. The van der Waals surface area contributed by atoms with Crippen molar-refractivity contribution in [3.05, 3.63) is 58.9 Å². The molecule has 0 aliphatic heterocycles. The summed E-state index contributed by atoms with van der Waals surface area (Å²) in [6, 6.07) is 9.69. The number of hydrogen-bond donors (Lipinski definition) is 1. The Bertz CT molecular complexity index is 749. The van der Waals surface area contributed by atoms with Gasteiger partial charge in [-0.15, -0.1) is 0 Å². The molecule has 0 aromatic heterocycles. The summed E-state index contributed by atoms with van der Waals surface area (Å²) < 4.78 is 22.9. The Hall–Kier alpha value is -2.60. The summed E-state index contributed by atoms with van der Waals surface area (Å²) in [6.07, 6.45) is -0.853. The lowest BCUT2D eigenvalue weighted by Crippen LogP contribution is -2.30. The number of nitrogens with one attached hydrogen (secondary N) is 1. The van der Waals surface area contributed by atoms with Gasteiger partial charge in [0, 0.05) is 0 Å². The monoisotopic (exact) mass is 351 g/mol. The molecule has 2 aromatic carbocycles. The maximum absolute atomic E-state index is 12.9. The first-order chi connectivity index (χ1) is 11.4. The molecule has 0 aliphatic rings. The van der Waals surface area contributed by atoms with E-state index in [4.69, 9.17) is 16.3 Å². The number of esters is 1. The van der Waals surface area contributed by atoms with Gasteiger partial charge in [0.1, 0.15) is 11.6 Å². The molecule has 0 fully saturated rings. The molecule has 0 saturated carbocycles. The molecular weight excluding hydrogens is 337 g/mol. The van der Waals surface area contributed by atoms with Gasteiger partial charge in [-0.25, -0.2) is 9.18 Å². The quantitative estimate of drug-likeness (QED) is 0.835. The smallest absolute Gasteiger partial charge is 0.337 e. The summed E-state index contributed by atoms with van der Waals surface area (Å²) in [5.41, 5.74) is 0.517. The average molecular weight is 352 g/mol. The van der Waals surface area contributed by atoms with E-state index in [1.807, 2.05) is 0 Å². The minimum Gasteiger partial charge on any atom is -0.481 e. The van der Waals surface area contributed by atoms with Crippen LogP contribution in [0.3, 0.4) is 0 Å². The van der Waals surface area contributed by atoms with Crippen LogP contribution in [0.5, 0.6) is 5.75 Å². The molecular formula is C17H15ClFNO4. The second-order valence-electron chi connectivity index (χ2n) is 4.89. The van der Waals surface area contributed by atoms with Gasteiger partial charge in [-0.1, -0.05) is 11.6 Å². The van der Waals surface area contributed by atoms with Crippen LogP contribution in [0.1, 0.15) is 17.3 Å². The van der Waals surface area contributed by atoms with Crippen molar-refractivity contribution >= 4 is 29.2 Å². The molecule has 1 amide bonds. The van der Waals surface area contributed by atoms with E-state index in [1.54, 1.807) is 0 Å². The third kappa shape index (κ3) is 4.45. The third-order valence-corrected chi connectivity index (χ3v) is 3.47. The van der Waals surface area contributed by atoms with E-state index >= 15 is 0 Å². The minimum atomic E-state index is -0.853. The van der Waals surface area contributed by atoms with Crippen molar-refractivity contribution in [1.82, 2.24) is 0 Å². The molecule has 0 unspecified atom stereocenters. The number of hydrogen-bond acceptors (Lipinski definition) is 4. The molecule has 1 atom stereocenters. The highest BCUT2D eigenvalue weighted by atomic mass is 35.5. The molecule has 24 heavy (non-hydrogen) atoms. The van der Waals surface area contributed by atoms with Crippen molar-refractivity contribution in [1.29, 1.82) is 0 Å². The zero-order valence-corrected chi connectivity index (χ0v) is 13.8. The summed E-state index contributed by atoms with van der Waals surface area (Å²) >= 11 is 6.02. The van der Waals surface area contributed by atoms with Crippen LogP contribution >= 0.6 is 11.6 Å². The summed E-state index contributed by atoms with van der Waals surface area (Å²) in [6.45, 7) is 1.54. The van der Waals surface area contributed by atoms with Crippen molar-refractivity contribution in [3.63, 3.8) is 0 Å². The SMILES string of the molecule is COC(=O)c1ccc(Cl)c(NC(=O)[C@H](C)Oc2ccc(F)cc2)c1. The van der Waals surface area contributed by atoms with Crippen LogP contribution < -0.4 is 10.1 Å². The van der Waals surface area contributed by atoms with Gasteiger partial charge >= 0.3 is 5.97 Å². The second-order valence-corrected chi connectivity index (χ2v) is 5.30. The number of ether oxygens (including phenoxy) is 2. The minimum absolute atomic E-state index is 0.254. The second kappa shape index (κ2) is 7.79. The van der Waals surface area contributed by atoms with Crippen LogP contribution in [-0.4, -0.2) is 25.1 Å². The predicted molar refractivity (Wildman–Crippen MR) is 87.9 cm³/mol. The molecule has 0 saturated heterocycles. The number of halogens is 2. The maximum Gasteiger partial charge on any atom is 0.337 e. The highest BCUT2D eigenvalue weighted by molar-refractivity contribution is 6.33. The van der Waals surface area contributed by atoms with Crippen molar-refractivity contribution in [2.75, 3.05) is 12.4 Å². The van der Waals surface area contributed by atoms with E-state index in [-0.39, 0.29) is 16.3 Å². The lowest BCUT2D eigenvalue weighted by molar-refractivity contribution is -0.122. The van der Waals surface area contributed by atoms with E-state index in [2.05, 4.69) is 10.1 Å². The van der Waals surface area contributed by atoms with Crippen molar-refractivity contribution in [3.8, 4) is 5.75 Å². The van der Waals surface area contributed by atoms with Gasteiger partial charge < -0.3 is 14.8 Å². The van der Waals surface area contributed by atoms with Crippen molar-refractivity contribution in [2.45, 2.75) is 13.0 Å². The molecule has 1 N–H and O–H groups in total. The molecule has 0 bridgehead atoms. The predicted octanol–water partition coefficient (Wildman–Crippen LogP) is 3.67. The van der Waals surface area contributed by atoms with Crippen molar-refractivity contribution < 1.29 is 23.5 Å². The van der Waals surface area contributed by atoms with Gasteiger partial charge in [0.05, 0.1) is 23.4 Å². The molecule has 0 spiro atoms. The number of rotatable bonds is 5. The van der Waals surface area contributed by atoms with Crippen LogP contribution in [-0.2, 0) is 9.53 Å². The standard InChI is InChI=1S/C17H15ClFNO4/c1-10(24-13-6-4-12(19)5-7-13)16(21)20-15-9-11(17(22)23-2)3-8-14(15)18/h3-10H,1-2H3,(H,20,21)/t10-/m0/s1. The fourth-order valence-electron chi connectivity index (χ4n) is 1.87. The molecule has 0 heterocycles. The topological polar surface area (TPSA) is 64.6 Å². The Morgan fingerprint density at radius 3 is 2.46 bits per heavy atom. The first-order valence-corrected chi connectivity index (χ1v) is 7.39. The van der Waals surface area contributed by atoms with Crippen molar-refractivity contribution in [2.24, 2.45) is 0 Å². The van der Waals surface area contributed by atoms with Crippen LogP contribution in [0.4, 0.5) is 10.1 Å². The lowest BCUT2D eigenvalue weighted by Gasteiger charge is -2.15. The van der Waals surface area contributed by atoms with Crippen LogP contribution in [0.25, 0.3) is 0 Å². The maximum atomic E-state index is 12.9. The fraction of sp³-hybridized carbons (Fsp3) is 0.176. The Morgan fingerprint density at radius 2 is 1.83 bits per heavy atom. The molecule has 2 aromatic rings. The Morgan fingerprint density at radius 1 is 1.17 bits per heavy atom. The Balaban J connectivity index is 2.08. The van der Waals surface area contributed by atoms with Crippen LogP contribution in [0.2, 0.25) is 5.02 Å². The Kier molecular flexibility index (Phi) is 5.76. The highest BCUT2D eigenvalue weighted by Crippen LogP contribution is 2.24. The van der Waals surface area contributed by atoms with E-state index in [0.29, 0.717) is 5.75 Å². The summed E-state index contributed by atoms with van der Waals surface area (Å²) in [5.74, 6) is -1.06. The van der Waals surface area contributed by atoms with Gasteiger partial charge in [-0.05, 0) is 49.4 Å². The van der Waals surface area contributed by atoms with Gasteiger partial charge in [0.15, 0.2) is 6.10 Å². The van der Waals surface area contributed by atoms with Gasteiger partial charge in [0.2, 0.25) is 0 Å². The normalized spacial score (nSPS) is 11.5. The molecule has 0 radical (unpaired) electrons. The molecule has 5 nitrogen and oxygen atoms in total. The number of benzene rings is 2. The highest BCUT2D eigenvalue weighted by Gasteiger charge is 2.17. The summed E-state index contributed by atoms with van der Waals surface area (Å²) in [5, 5.41) is 2.85. The van der Waals surface area contributed by atoms with Crippen LogP contribution in [0, 0.1) is 5.82 Å².